The Balaban J connectivity index is 1.33. The average Bonchev–Trinajstić information content (AvgIpc) is 3.59. The van der Waals surface area contributed by atoms with Crippen LogP contribution in [0.1, 0.15) is 63.9 Å². The van der Waals surface area contributed by atoms with Gasteiger partial charge in [0.25, 0.3) is 17.7 Å². The second kappa shape index (κ2) is 15.0. The highest BCUT2D eigenvalue weighted by Crippen LogP contribution is 2.33. The lowest BCUT2D eigenvalue weighted by Gasteiger charge is -2.24. The van der Waals surface area contributed by atoms with Crippen molar-refractivity contribution in [2.24, 2.45) is 0 Å². The molecule has 0 saturated carbocycles. The quantitative estimate of drug-likeness (QED) is 0.340. The molecule has 0 aromatic heterocycles. The van der Waals surface area contributed by atoms with Crippen LogP contribution in [-0.4, -0.2) is 72.5 Å². The number of carbonyl (C=O) groups excluding carboxylic acids is 4. The van der Waals surface area contributed by atoms with Crippen LogP contribution in [0.25, 0.3) is 11.1 Å². The number of halogens is 1. The molecule has 46 heavy (non-hydrogen) atoms. The second-order valence-corrected chi connectivity index (χ2v) is 11.6. The third kappa shape index (κ3) is 7.89. The first-order valence-electron chi connectivity index (χ1n) is 15.7. The lowest BCUT2D eigenvalue weighted by Crippen LogP contribution is -2.36. The standard InChI is InChI=1S/C35H39FN4O6/c1-22-25(6-2-7-29(22)39-34(44)31-8-4-19-46-31)35(45)40-17-3-9-32(42)37-16-14-23-10-13-30(41)27(20-23)26-21-24(11-12-28(26)36)33(43)38-15-5-18-40/h2,6-7,10-13,20-21,31,41H,3-5,8-9,14-19H2,1H3,(H,37,42)(H,38,43)(H,39,44). The van der Waals surface area contributed by atoms with Gasteiger partial charge < -0.3 is 30.7 Å². The summed E-state index contributed by atoms with van der Waals surface area (Å²) < 4.78 is 20.4. The predicted molar refractivity (Wildman–Crippen MR) is 171 cm³/mol. The fourth-order valence-corrected chi connectivity index (χ4v) is 5.75. The Morgan fingerprint density at radius 3 is 2.59 bits per heavy atom. The Morgan fingerprint density at radius 1 is 0.957 bits per heavy atom. The molecule has 4 amide bonds. The van der Waals surface area contributed by atoms with E-state index in [0.717, 1.165) is 12.0 Å². The zero-order valence-electron chi connectivity index (χ0n) is 25.9. The monoisotopic (exact) mass is 630 g/mol. The van der Waals surface area contributed by atoms with Gasteiger partial charge in [0.15, 0.2) is 0 Å². The van der Waals surface area contributed by atoms with Crippen molar-refractivity contribution < 1.29 is 33.4 Å². The minimum Gasteiger partial charge on any atom is -0.507 e. The SMILES string of the molecule is Cc1c(NC(=O)C2CCCO2)cccc1C(=O)N1CCCNC(=O)c2ccc(F)c(c2)-c2cc(ccc2O)CCNC(=O)CCC1. The molecule has 1 atom stereocenters. The zero-order chi connectivity index (χ0) is 32.6. The minimum atomic E-state index is -0.580. The number of phenolic OH excluding ortho intramolecular Hbond substituents is 1. The van der Waals surface area contributed by atoms with Gasteiger partial charge in [0, 0.05) is 67.1 Å². The molecule has 11 heteroatoms. The number of benzene rings is 3. The van der Waals surface area contributed by atoms with Crippen LogP contribution in [0.4, 0.5) is 10.1 Å². The van der Waals surface area contributed by atoms with Crippen LogP contribution in [-0.2, 0) is 20.7 Å². The van der Waals surface area contributed by atoms with Gasteiger partial charge in [-0.1, -0.05) is 12.1 Å². The number of anilines is 1. The summed E-state index contributed by atoms with van der Waals surface area (Å²) in [5, 5.41) is 19.1. The maximum atomic E-state index is 14.9. The fourth-order valence-electron chi connectivity index (χ4n) is 5.75. The highest BCUT2D eigenvalue weighted by atomic mass is 19.1. The second-order valence-electron chi connectivity index (χ2n) is 11.6. The summed E-state index contributed by atoms with van der Waals surface area (Å²) in [5.41, 5.74) is 2.96. The van der Waals surface area contributed by atoms with Crippen LogP contribution in [0.3, 0.4) is 0 Å². The molecule has 0 aliphatic carbocycles. The molecule has 4 N–H and O–H groups in total. The van der Waals surface area contributed by atoms with Gasteiger partial charge in [-0.15, -0.1) is 0 Å². The molecule has 10 nitrogen and oxygen atoms in total. The summed E-state index contributed by atoms with van der Waals surface area (Å²) in [4.78, 5) is 53.8. The molecule has 0 spiro atoms. The Hall–Kier alpha value is -4.77. The summed E-state index contributed by atoms with van der Waals surface area (Å²) in [6.45, 7) is 3.53. The van der Waals surface area contributed by atoms with Crippen molar-refractivity contribution >= 4 is 29.3 Å². The highest BCUT2D eigenvalue weighted by molar-refractivity contribution is 6.00. The number of nitrogens with zero attached hydrogens (tertiary/aromatic N) is 1. The molecule has 3 aromatic rings. The van der Waals surface area contributed by atoms with Crippen molar-refractivity contribution in [3.05, 3.63) is 82.7 Å². The van der Waals surface area contributed by atoms with Crippen molar-refractivity contribution in [3.8, 4) is 16.9 Å². The number of hydrogen-bond acceptors (Lipinski definition) is 6. The Bertz CT molecular complexity index is 1620. The molecule has 2 heterocycles. The number of rotatable bonds is 3. The number of aromatic hydroxyl groups is 1. The lowest BCUT2D eigenvalue weighted by molar-refractivity contribution is -0.124. The van der Waals surface area contributed by atoms with E-state index in [1.54, 1.807) is 42.2 Å². The zero-order valence-corrected chi connectivity index (χ0v) is 25.9. The Kier molecular flexibility index (Phi) is 10.6. The summed E-state index contributed by atoms with van der Waals surface area (Å²) in [5.74, 6) is -1.75. The molecular weight excluding hydrogens is 591 g/mol. The van der Waals surface area contributed by atoms with Gasteiger partial charge in [0.2, 0.25) is 5.91 Å². The van der Waals surface area contributed by atoms with Crippen molar-refractivity contribution in [2.45, 2.75) is 51.6 Å². The third-order valence-corrected chi connectivity index (χ3v) is 8.37. The molecule has 0 radical (unpaired) electrons. The van der Waals surface area contributed by atoms with Crippen molar-refractivity contribution in [1.82, 2.24) is 15.5 Å². The van der Waals surface area contributed by atoms with Gasteiger partial charge >= 0.3 is 0 Å². The molecule has 2 aliphatic rings. The number of carbonyl (C=O) groups is 4. The molecule has 1 fully saturated rings. The van der Waals surface area contributed by atoms with Gasteiger partial charge in [-0.05, 0) is 92.6 Å². The normalized spacial score (nSPS) is 18.0. The first kappa shape index (κ1) is 32.6. The van der Waals surface area contributed by atoms with Crippen LogP contribution in [0.15, 0.2) is 54.6 Å². The molecule has 5 rings (SSSR count). The summed E-state index contributed by atoms with van der Waals surface area (Å²) in [6.07, 6.45) is 2.47. The molecule has 1 saturated heterocycles. The number of nitrogens with one attached hydrogen (secondary N) is 3. The predicted octanol–water partition coefficient (Wildman–Crippen LogP) is 4.34. The van der Waals surface area contributed by atoms with Crippen LogP contribution < -0.4 is 16.0 Å². The molecule has 1 unspecified atom stereocenters. The van der Waals surface area contributed by atoms with Crippen LogP contribution >= 0.6 is 0 Å². The topological polar surface area (TPSA) is 137 Å². The lowest BCUT2D eigenvalue weighted by atomic mass is 9.98. The van der Waals surface area contributed by atoms with E-state index in [4.69, 9.17) is 4.74 Å². The van der Waals surface area contributed by atoms with E-state index in [9.17, 15) is 28.7 Å². The van der Waals surface area contributed by atoms with E-state index in [2.05, 4.69) is 16.0 Å². The van der Waals surface area contributed by atoms with Crippen LogP contribution in [0, 0.1) is 12.7 Å². The third-order valence-electron chi connectivity index (χ3n) is 8.37. The number of fused-ring (bicyclic) bond motifs is 5. The summed E-state index contributed by atoms with van der Waals surface area (Å²) in [7, 11) is 0. The van der Waals surface area contributed by atoms with Crippen LogP contribution in [0.5, 0.6) is 5.75 Å². The minimum absolute atomic E-state index is 0.0929. The van der Waals surface area contributed by atoms with Gasteiger partial charge in [-0.3, -0.25) is 19.2 Å². The molecule has 242 valence electrons. The van der Waals surface area contributed by atoms with Crippen LogP contribution in [0.2, 0.25) is 0 Å². The maximum absolute atomic E-state index is 14.9. The molecule has 2 aliphatic heterocycles. The Labute approximate surface area is 267 Å². The van der Waals surface area contributed by atoms with E-state index in [0.29, 0.717) is 68.7 Å². The first-order chi connectivity index (χ1) is 22.2. The number of amides is 4. The van der Waals surface area contributed by atoms with Gasteiger partial charge in [0.05, 0.1) is 0 Å². The van der Waals surface area contributed by atoms with E-state index in [1.165, 1.54) is 24.3 Å². The van der Waals surface area contributed by atoms with Crippen molar-refractivity contribution in [3.63, 3.8) is 0 Å². The maximum Gasteiger partial charge on any atom is 0.254 e. The first-order valence-corrected chi connectivity index (χ1v) is 15.7. The van der Waals surface area contributed by atoms with E-state index < -0.39 is 17.8 Å². The van der Waals surface area contributed by atoms with E-state index in [1.807, 2.05) is 0 Å². The van der Waals surface area contributed by atoms with Gasteiger partial charge in [0.1, 0.15) is 17.7 Å². The van der Waals surface area contributed by atoms with Crippen molar-refractivity contribution in [1.29, 1.82) is 0 Å². The molecule has 3 aromatic carbocycles. The molecular formula is C35H39FN4O6. The van der Waals surface area contributed by atoms with E-state index >= 15 is 0 Å². The largest absolute Gasteiger partial charge is 0.507 e. The van der Waals surface area contributed by atoms with Gasteiger partial charge in [-0.25, -0.2) is 4.39 Å². The molecule has 4 bridgehead atoms. The van der Waals surface area contributed by atoms with Crippen molar-refractivity contribution in [2.75, 3.05) is 38.1 Å². The Morgan fingerprint density at radius 2 is 1.78 bits per heavy atom. The van der Waals surface area contributed by atoms with Gasteiger partial charge in [-0.2, -0.15) is 0 Å². The smallest absolute Gasteiger partial charge is 0.254 e. The summed E-state index contributed by atoms with van der Waals surface area (Å²) in [6, 6.07) is 14.0. The number of phenols is 1. The van der Waals surface area contributed by atoms with E-state index in [-0.39, 0.29) is 53.1 Å². The highest BCUT2D eigenvalue weighted by Gasteiger charge is 2.25. The fraction of sp³-hybridized carbons (Fsp3) is 0.371. The number of ether oxygens (including phenoxy) is 1. The average molecular weight is 631 g/mol. The number of hydrogen-bond donors (Lipinski definition) is 4. The summed E-state index contributed by atoms with van der Waals surface area (Å²) >= 11 is 0.